The first-order valence-electron chi connectivity index (χ1n) is 5.92. The second-order valence-electron chi connectivity index (χ2n) is 4.24. The highest BCUT2D eigenvalue weighted by molar-refractivity contribution is 6.31. The maximum atomic E-state index is 12.0. The molecule has 2 rings (SSSR count). The van der Waals surface area contributed by atoms with Gasteiger partial charge in [0.25, 0.3) is 0 Å². The first kappa shape index (κ1) is 14.2. The fourth-order valence-corrected chi connectivity index (χ4v) is 1.87. The SMILES string of the molecule is COc1ccc(N)cc1NC(=O)Cn1ncc(Cl)c1C. The number of amides is 1. The van der Waals surface area contributed by atoms with Gasteiger partial charge in [-0.2, -0.15) is 5.10 Å². The van der Waals surface area contributed by atoms with Crippen molar-refractivity contribution in [1.29, 1.82) is 0 Å². The predicted octanol–water partition coefficient (Wildman–Crippen LogP) is 2.07. The Balaban J connectivity index is 2.12. The molecular formula is C13H15ClN4O2. The van der Waals surface area contributed by atoms with Crippen LogP contribution in [0.2, 0.25) is 5.02 Å². The summed E-state index contributed by atoms with van der Waals surface area (Å²) in [5.41, 5.74) is 7.50. The van der Waals surface area contributed by atoms with Crippen LogP contribution in [0.1, 0.15) is 5.69 Å². The van der Waals surface area contributed by atoms with E-state index in [0.29, 0.717) is 22.1 Å². The third-order valence-electron chi connectivity index (χ3n) is 2.83. The topological polar surface area (TPSA) is 82.2 Å². The van der Waals surface area contributed by atoms with Gasteiger partial charge in [-0.15, -0.1) is 0 Å². The van der Waals surface area contributed by atoms with Crippen molar-refractivity contribution < 1.29 is 9.53 Å². The predicted molar refractivity (Wildman–Crippen MR) is 78.0 cm³/mol. The number of aromatic nitrogens is 2. The van der Waals surface area contributed by atoms with E-state index in [1.54, 1.807) is 25.1 Å². The van der Waals surface area contributed by atoms with Gasteiger partial charge >= 0.3 is 0 Å². The second kappa shape index (κ2) is 5.83. The molecule has 0 aliphatic rings. The van der Waals surface area contributed by atoms with Crippen molar-refractivity contribution in [2.75, 3.05) is 18.2 Å². The molecule has 1 amide bonds. The molecule has 7 heteroatoms. The highest BCUT2D eigenvalue weighted by Gasteiger charge is 2.11. The summed E-state index contributed by atoms with van der Waals surface area (Å²) in [5, 5.41) is 7.29. The van der Waals surface area contributed by atoms with Gasteiger partial charge in [0.05, 0.1) is 29.7 Å². The standard InChI is InChI=1S/C13H15ClN4O2/c1-8-10(14)6-16-18(8)7-13(19)17-11-5-9(15)3-4-12(11)20-2/h3-6H,7,15H2,1-2H3,(H,17,19). The van der Waals surface area contributed by atoms with Crippen LogP contribution in [0.4, 0.5) is 11.4 Å². The number of ether oxygens (including phenoxy) is 1. The summed E-state index contributed by atoms with van der Waals surface area (Å²) >= 11 is 5.89. The van der Waals surface area contributed by atoms with Crippen molar-refractivity contribution in [3.8, 4) is 5.75 Å². The van der Waals surface area contributed by atoms with Crippen LogP contribution < -0.4 is 15.8 Å². The quantitative estimate of drug-likeness (QED) is 0.846. The molecule has 0 aliphatic heterocycles. The number of carbonyl (C=O) groups is 1. The van der Waals surface area contributed by atoms with E-state index >= 15 is 0 Å². The lowest BCUT2D eigenvalue weighted by Gasteiger charge is -2.11. The smallest absolute Gasteiger partial charge is 0.246 e. The van der Waals surface area contributed by atoms with Crippen LogP contribution in [-0.2, 0) is 11.3 Å². The van der Waals surface area contributed by atoms with Crippen molar-refractivity contribution in [2.45, 2.75) is 13.5 Å². The number of hydrogen-bond donors (Lipinski definition) is 2. The highest BCUT2D eigenvalue weighted by Crippen LogP contribution is 2.26. The molecule has 0 unspecified atom stereocenters. The normalized spacial score (nSPS) is 10.3. The summed E-state index contributed by atoms with van der Waals surface area (Å²) in [6.07, 6.45) is 1.51. The number of carbonyl (C=O) groups excluding carboxylic acids is 1. The highest BCUT2D eigenvalue weighted by atomic mass is 35.5. The molecule has 106 valence electrons. The number of methoxy groups -OCH3 is 1. The maximum Gasteiger partial charge on any atom is 0.246 e. The number of nitrogens with zero attached hydrogens (tertiary/aromatic N) is 2. The molecule has 1 heterocycles. The lowest BCUT2D eigenvalue weighted by Crippen LogP contribution is -2.20. The summed E-state index contributed by atoms with van der Waals surface area (Å²) in [6, 6.07) is 5.03. The Morgan fingerprint density at radius 3 is 2.90 bits per heavy atom. The van der Waals surface area contributed by atoms with Gasteiger partial charge < -0.3 is 15.8 Å². The lowest BCUT2D eigenvalue weighted by molar-refractivity contribution is -0.116. The van der Waals surface area contributed by atoms with E-state index in [1.165, 1.54) is 18.0 Å². The number of rotatable bonds is 4. The maximum absolute atomic E-state index is 12.0. The molecule has 0 saturated carbocycles. The number of nitrogen functional groups attached to an aromatic ring is 1. The van der Waals surface area contributed by atoms with Gasteiger partial charge in [-0.1, -0.05) is 11.6 Å². The zero-order chi connectivity index (χ0) is 14.7. The Kier molecular flexibility index (Phi) is 4.14. The number of hydrogen-bond acceptors (Lipinski definition) is 4. The van der Waals surface area contributed by atoms with Gasteiger partial charge in [-0.25, -0.2) is 0 Å². The third kappa shape index (κ3) is 3.03. The molecule has 1 aromatic heterocycles. The molecule has 0 radical (unpaired) electrons. The number of nitrogens with one attached hydrogen (secondary N) is 1. The summed E-state index contributed by atoms with van der Waals surface area (Å²) in [7, 11) is 1.53. The van der Waals surface area contributed by atoms with Gasteiger partial charge in [0.2, 0.25) is 5.91 Å². The summed E-state index contributed by atoms with van der Waals surface area (Å²) in [5.74, 6) is 0.305. The van der Waals surface area contributed by atoms with Crippen LogP contribution >= 0.6 is 11.6 Å². The molecule has 2 aromatic rings. The number of nitrogens with two attached hydrogens (primary N) is 1. The third-order valence-corrected chi connectivity index (χ3v) is 3.21. The first-order chi connectivity index (χ1) is 9.51. The molecule has 0 aliphatic carbocycles. The van der Waals surface area contributed by atoms with Crippen LogP contribution in [0.5, 0.6) is 5.75 Å². The number of anilines is 2. The van der Waals surface area contributed by atoms with Crippen LogP contribution in [-0.4, -0.2) is 22.8 Å². The van der Waals surface area contributed by atoms with E-state index in [9.17, 15) is 4.79 Å². The van der Waals surface area contributed by atoms with Gasteiger partial charge in [0, 0.05) is 5.69 Å². The summed E-state index contributed by atoms with van der Waals surface area (Å²) in [4.78, 5) is 12.0. The molecule has 0 fully saturated rings. The minimum Gasteiger partial charge on any atom is -0.495 e. The Hall–Kier alpha value is -2.21. The molecular weight excluding hydrogens is 280 g/mol. The lowest BCUT2D eigenvalue weighted by atomic mass is 10.2. The van der Waals surface area contributed by atoms with Crippen LogP contribution in [0.15, 0.2) is 24.4 Å². The Labute approximate surface area is 121 Å². The Bertz CT molecular complexity index is 639. The van der Waals surface area contributed by atoms with Crippen molar-refractivity contribution in [1.82, 2.24) is 9.78 Å². The van der Waals surface area contributed by atoms with Crippen LogP contribution in [0.25, 0.3) is 0 Å². The number of halogens is 1. The van der Waals surface area contributed by atoms with E-state index in [0.717, 1.165) is 5.69 Å². The minimum absolute atomic E-state index is 0.0660. The van der Waals surface area contributed by atoms with Crippen LogP contribution in [0.3, 0.4) is 0 Å². The largest absolute Gasteiger partial charge is 0.495 e. The second-order valence-corrected chi connectivity index (χ2v) is 4.65. The zero-order valence-corrected chi connectivity index (χ0v) is 11.9. The van der Waals surface area contributed by atoms with E-state index in [4.69, 9.17) is 22.1 Å². The van der Waals surface area contributed by atoms with Gasteiger partial charge in [0.1, 0.15) is 12.3 Å². The van der Waals surface area contributed by atoms with Crippen molar-refractivity contribution in [3.05, 3.63) is 35.1 Å². The average Bonchev–Trinajstić information content (AvgIpc) is 2.71. The molecule has 6 nitrogen and oxygen atoms in total. The molecule has 0 bridgehead atoms. The van der Waals surface area contributed by atoms with E-state index in [-0.39, 0.29) is 12.5 Å². The summed E-state index contributed by atoms with van der Waals surface area (Å²) < 4.78 is 6.69. The molecule has 3 N–H and O–H groups in total. The van der Waals surface area contributed by atoms with Crippen molar-refractivity contribution in [3.63, 3.8) is 0 Å². The number of benzene rings is 1. The van der Waals surface area contributed by atoms with E-state index < -0.39 is 0 Å². The van der Waals surface area contributed by atoms with Crippen LogP contribution in [0, 0.1) is 6.92 Å². The van der Waals surface area contributed by atoms with Gasteiger partial charge in [-0.3, -0.25) is 9.48 Å². The first-order valence-corrected chi connectivity index (χ1v) is 6.30. The molecule has 0 spiro atoms. The van der Waals surface area contributed by atoms with E-state index in [1.807, 2.05) is 0 Å². The van der Waals surface area contributed by atoms with E-state index in [2.05, 4.69) is 10.4 Å². The zero-order valence-electron chi connectivity index (χ0n) is 11.2. The van der Waals surface area contributed by atoms with Gasteiger partial charge in [-0.05, 0) is 25.1 Å². The van der Waals surface area contributed by atoms with Crippen molar-refractivity contribution >= 4 is 28.9 Å². The fourth-order valence-electron chi connectivity index (χ4n) is 1.73. The molecule has 0 saturated heterocycles. The molecule has 20 heavy (non-hydrogen) atoms. The monoisotopic (exact) mass is 294 g/mol. The minimum atomic E-state index is -0.239. The summed E-state index contributed by atoms with van der Waals surface area (Å²) in [6.45, 7) is 1.86. The fraction of sp³-hybridized carbons (Fsp3) is 0.231. The molecule has 0 atom stereocenters. The molecule has 1 aromatic carbocycles. The Morgan fingerprint density at radius 2 is 2.30 bits per heavy atom. The average molecular weight is 295 g/mol. The van der Waals surface area contributed by atoms with Gasteiger partial charge in [0.15, 0.2) is 0 Å². The Morgan fingerprint density at radius 1 is 1.55 bits per heavy atom. The van der Waals surface area contributed by atoms with Crippen molar-refractivity contribution in [2.24, 2.45) is 0 Å².